The number of benzene rings is 2. The molecule has 1 N–H and O–H groups in total. The third-order valence-electron chi connectivity index (χ3n) is 4.34. The third-order valence-corrected chi connectivity index (χ3v) is 4.34. The average molecular weight is 389 g/mol. The Labute approximate surface area is 169 Å². The van der Waals surface area contributed by atoms with E-state index in [0.29, 0.717) is 18.1 Å². The molecule has 29 heavy (non-hydrogen) atoms. The highest BCUT2D eigenvalue weighted by atomic mass is 16.5. The van der Waals surface area contributed by atoms with E-state index in [-0.39, 0.29) is 6.61 Å². The second-order valence-corrected chi connectivity index (χ2v) is 6.55. The Morgan fingerprint density at radius 3 is 2.72 bits per heavy atom. The lowest BCUT2D eigenvalue weighted by Gasteiger charge is -2.07. The third kappa shape index (κ3) is 5.33. The SMILES string of the molecule is c1ccc(OCc2nc3c(OCCCNCc4cccnc4)cccc3o2)cc1. The van der Waals surface area contributed by atoms with Crippen molar-refractivity contribution in [1.82, 2.24) is 15.3 Å². The molecule has 2 aromatic heterocycles. The summed E-state index contributed by atoms with van der Waals surface area (Å²) in [4.78, 5) is 8.65. The molecule has 0 saturated carbocycles. The standard InChI is InChI=1S/C23H23N3O3/c1-2-8-19(9-3-1)28-17-22-26-23-20(10-4-11-21(23)29-22)27-14-6-13-25-16-18-7-5-12-24-15-18/h1-5,7-12,15,25H,6,13-14,16-17H2. The molecule has 0 aliphatic carbocycles. The van der Waals surface area contributed by atoms with Crippen LogP contribution in [0.15, 0.2) is 77.5 Å². The number of oxazole rings is 1. The maximum absolute atomic E-state index is 5.93. The van der Waals surface area contributed by atoms with E-state index in [0.717, 1.165) is 36.5 Å². The van der Waals surface area contributed by atoms with Gasteiger partial charge in [-0.25, -0.2) is 4.98 Å². The first-order valence-electron chi connectivity index (χ1n) is 9.67. The zero-order valence-corrected chi connectivity index (χ0v) is 16.1. The molecule has 4 rings (SSSR count). The molecule has 0 unspecified atom stereocenters. The number of fused-ring (bicyclic) bond motifs is 1. The molecule has 4 aromatic rings. The summed E-state index contributed by atoms with van der Waals surface area (Å²) in [5, 5.41) is 3.39. The van der Waals surface area contributed by atoms with Crippen LogP contribution in [-0.4, -0.2) is 23.1 Å². The van der Waals surface area contributed by atoms with Gasteiger partial charge < -0.3 is 19.2 Å². The smallest absolute Gasteiger partial charge is 0.233 e. The molecule has 0 bridgehead atoms. The number of nitrogens with zero attached hydrogens (tertiary/aromatic N) is 2. The summed E-state index contributed by atoms with van der Waals surface area (Å²) in [7, 11) is 0. The molecule has 0 radical (unpaired) electrons. The van der Waals surface area contributed by atoms with Gasteiger partial charge in [-0.15, -0.1) is 0 Å². The van der Waals surface area contributed by atoms with Gasteiger partial charge in [-0.2, -0.15) is 0 Å². The van der Waals surface area contributed by atoms with E-state index in [1.54, 1.807) is 6.20 Å². The van der Waals surface area contributed by atoms with E-state index in [9.17, 15) is 0 Å². The lowest BCUT2D eigenvalue weighted by atomic mass is 10.3. The molecular formula is C23H23N3O3. The molecule has 148 valence electrons. The van der Waals surface area contributed by atoms with E-state index in [2.05, 4.69) is 21.4 Å². The van der Waals surface area contributed by atoms with Crippen LogP contribution in [0.5, 0.6) is 11.5 Å². The molecule has 0 atom stereocenters. The largest absolute Gasteiger partial charge is 0.491 e. The minimum Gasteiger partial charge on any atom is -0.491 e. The Balaban J connectivity index is 1.27. The zero-order chi connectivity index (χ0) is 19.7. The molecule has 0 spiro atoms. The minimum absolute atomic E-state index is 0.274. The van der Waals surface area contributed by atoms with Crippen molar-refractivity contribution in [3.8, 4) is 11.5 Å². The van der Waals surface area contributed by atoms with Crippen molar-refractivity contribution in [3.05, 3.63) is 84.5 Å². The Kier molecular flexibility index (Phi) is 6.34. The summed E-state index contributed by atoms with van der Waals surface area (Å²) in [6, 6.07) is 19.3. The first-order chi connectivity index (χ1) is 14.4. The Bertz CT molecular complexity index is 1020. The van der Waals surface area contributed by atoms with E-state index in [4.69, 9.17) is 13.9 Å². The number of hydrogen-bond acceptors (Lipinski definition) is 6. The molecular weight excluding hydrogens is 366 g/mol. The monoisotopic (exact) mass is 389 g/mol. The predicted molar refractivity (Wildman–Crippen MR) is 111 cm³/mol. The van der Waals surface area contributed by atoms with Crippen LogP contribution in [0.4, 0.5) is 0 Å². The van der Waals surface area contributed by atoms with Crippen LogP contribution in [0.2, 0.25) is 0 Å². The summed E-state index contributed by atoms with van der Waals surface area (Å²) in [6.45, 7) is 2.54. The van der Waals surface area contributed by atoms with Crippen LogP contribution in [0.1, 0.15) is 17.9 Å². The highest BCUT2D eigenvalue weighted by molar-refractivity contribution is 5.79. The fraction of sp³-hybridized carbons (Fsp3) is 0.217. The topological polar surface area (TPSA) is 69.4 Å². The second-order valence-electron chi connectivity index (χ2n) is 6.55. The number of para-hydroxylation sites is 2. The lowest BCUT2D eigenvalue weighted by molar-refractivity contribution is 0.267. The Morgan fingerprint density at radius 2 is 1.86 bits per heavy atom. The van der Waals surface area contributed by atoms with Gasteiger partial charge >= 0.3 is 0 Å². The first kappa shape index (κ1) is 19.0. The van der Waals surface area contributed by atoms with Crippen molar-refractivity contribution in [2.24, 2.45) is 0 Å². The molecule has 2 heterocycles. The normalized spacial score (nSPS) is 10.9. The number of nitrogens with one attached hydrogen (secondary N) is 1. The van der Waals surface area contributed by atoms with Gasteiger partial charge in [0, 0.05) is 18.9 Å². The number of ether oxygens (including phenoxy) is 2. The maximum atomic E-state index is 5.93. The first-order valence-corrected chi connectivity index (χ1v) is 9.67. The van der Waals surface area contributed by atoms with Gasteiger partial charge in [0.1, 0.15) is 11.5 Å². The van der Waals surface area contributed by atoms with Gasteiger partial charge in [0.05, 0.1) is 6.61 Å². The van der Waals surface area contributed by atoms with Crippen LogP contribution < -0.4 is 14.8 Å². The van der Waals surface area contributed by atoms with Crippen molar-refractivity contribution in [2.45, 2.75) is 19.6 Å². The van der Waals surface area contributed by atoms with Crippen molar-refractivity contribution >= 4 is 11.1 Å². The number of hydrogen-bond donors (Lipinski definition) is 1. The van der Waals surface area contributed by atoms with Crippen LogP contribution in [0, 0.1) is 0 Å². The molecule has 2 aromatic carbocycles. The molecule has 0 aliphatic heterocycles. The van der Waals surface area contributed by atoms with Crippen molar-refractivity contribution in [2.75, 3.05) is 13.2 Å². The molecule has 0 aliphatic rings. The van der Waals surface area contributed by atoms with E-state index in [1.165, 1.54) is 5.56 Å². The summed E-state index contributed by atoms with van der Waals surface area (Å²) < 4.78 is 17.4. The van der Waals surface area contributed by atoms with Crippen LogP contribution in [-0.2, 0) is 13.2 Å². The molecule has 6 heteroatoms. The Hall–Kier alpha value is -3.38. The number of pyridine rings is 1. The molecule has 6 nitrogen and oxygen atoms in total. The van der Waals surface area contributed by atoms with Gasteiger partial charge in [0.15, 0.2) is 17.7 Å². The quantitative estimate of drug-likeness (QED) is 0.407. The van der Waals surface area contributed by atoms with E-state index < -0.39 is 0 Å². The van der Waals surface area contributed by atoms with Crippen molar-refractivity contribution < 1.29 is 13.9 Å². The predicted octanol–water partition coefficient (Wildman–Crippen LogP) is 4.36. The summed E-state index contributed by atoms with van der Waals surface area (Å²) in [5.41, 5.74) is 2.59. The zero-order valence-electron chi connectivity index (χ0n) is 16.1. The summed E-state index contributed by atoms with van der Waals surface area (Å²) >= 11 is 0. The van der Waals surface area contributed by atoms with Crippen molar-refractivity contribution in [3.63, 3.8) is 0 Å². The molecule has 0 saturated heterocycles. The van der Waals surface area contributed by atoms with Crippen LogP contribution in [0.25, 0.3) is 11.1 Å². The second kappa shape index (κ2) is 9.71. The highest BCUT2D eigenvalue weighted by Gasteiger charge is 2.11. The summed E-state index contributed by atoms with van der Waals surface area (Å²) in [6.07, 6.45) is 4.54. The van der Waals surface area contributed by atoms with Gasteiger partial charge in [-0.3, -0.25) is 4.98 Å². The van der Waals surface area contributed by atoms with Crippen molar-refractivity contribution in [1.29, 1.82) is 0 Å². The van der Waals surface area contributed by atoms with Gasteiger partial charge in [0.25, 0.3) is 0 Å². The average Bonchev–Trinajstić information content (AvgIpc) is 3.20. The highest BCUT2D eigenvalue weighted by Crippen LogP contribution is 2.26. The number of rotatable bonds is 10. The van der Waals surface area contributed by atoms with Crippen LogP contribution in [0.3, 0.4) is 0 Å². The molecule has 0 amide bonds. The minimum atomic E-state index is 0.274. The fourth-order valence-electron chi connectivity index (χ4n) is 2.92. The summed E-state index contributed by atoms with van der Waals surface area (Å²) in [5.74, 6) is 2.03. The fourth-order valence-corrected chi connectivity index (χ4v) is 2.92. The van der Waals surface area contributed by atoms with Gasteiger partial charge in [-0.05, 0) is 48.9 Å². The van der Waals surface area contributed by atoms with E-state index in [1.807, 2.05) is 60.8 Å². The Morgan fingerprint density at radius 1 is 0.931 bits per heavy atom. The van der Waals surface area contributed by atoms with Gasteiger partial charge in [-0.1, -0.05) is 30.3 Å². The van der Waals surface area contributed by atoms with Gasteiger partial charge in [0.2, 0.25) is 5.89 Å². The lowest BCUT2D eigenvalue weighted by Crippen LogP contribution is -2.17. The number of aromatic nitrogens is 2. The maximum Gasteiger partial charge on any atom is 0.233 e. The molecule has 0 fully saturated rings. The van der Waals surface area contributed by atoms with Crippen LogP contribution >= 0.6 is 0 Å². The van der Waals surface area contributed by atoms with E-state index >= 15 is 0 Å².